The first kappa shape index (κ1) is 23.4. The summed E-state index contributed by atoms with van der Waals surface area (Å²) >= 11 is 0. The molecule has 6 rings (SSSR count). The van der Waals surface area contributed by atoms with Crippen LogP contribution in [0.3, 0.4) is 0 Å². The van der Waals surface area contributed by atoms with Crippen molar-refractivity contribution in [3.8, 4) is 0 Å². The monoisotopic (exact) mass is 498 g/mol. The first-order valence-corrected chi connectivity index (χ1v) is 12.6. The maximum atomic E-state index is 11.4. The zero-order valence-corrected chi connectivity index (χ0v) is 20.7. The number of imidazole rings is 1. The molecule has 1 N–H and O–H groups in total. The van der Waals surface area contributed by atoms with Crippen molar-refractivity contribution in [1.82, 2.24) is 9.55 Å². The van der Waals surface area contributed by atoms with Gasteiger partial charge >= 0.3 is 0 Å². The van der Waals surface area contributed by atoms with E-state index in [2.05, 4.69) is 88.9 Å². The molecule has 0 unspecified atom stereocenters. The fraction of sp³-hybridized carbons (Fsp3) is 0.0938. The molecule has 1 aromatic heterocycles. The molecule has 6 heteroatoms. The van der Waals surface area contributed by atoms with Crippen molar-refractivity contribution in [3.63, 3.8) is 0 Å². The number of benzene rings is 4. The van der Waals surface area contributed by atoms with Gasteiger partial charge < -0.3 is 9.88 Å². The Bertz CT molecular complexity index is 1510. The Balaban J connectivity index is 1.53. The van der Waals surface area contributed by atoms with Crippen LogP contribution >= 0.6 is 0 Å². The van der Waals surface area contributed by atoms with Crippen LogP contribution in [0.5, 0.6) is 0 Å². The van der Waals surface area contributed by atoms with Crippen LogP contribution in [0.1, 0.15) is 34.4 Å². The molecular weight excluding hydrogens is 472 g/mol. The summed E-state index contributed by atoms with van der Waals surface area (Å²) in [5, 5.41) is 14.8. The molecule has 5 aromatic rings. The third-order valence-corrected chi connectivity index (χ3v) is 7.16. The van der Waals surface area contributed by atoms with E-state index < -0.39 is 5.54 Å². The minimum Gasteiger partial charge on any atom is -0.384 e. The third-order valence-electron chi connectivity index (χ3n) is 7.16. The molecule has 4 aromatic carbocycles. The number of rotatable bonds is 6. The second-order valence-electron chi connectivity index (χ2n) is 9.35. The highest BCUT2D eigenvalue weighted by Gasteiger charge is 2.38. The Hall–Kier alpha value is -4.97. The molecule has 186 valence electrons. The Morgan fingerprint density at radius 2 is 1.42 bits per heavy atom. The lowest BCUT2D eigenvalue weighted by molar-refractivity contribution is -0.384. The quantitative estimate of drug-likeness (QED) is 0.156. The molecule has 0 amide bonds. The van der Waals surface area contributed by atoms with E-state index in [-0.39, 0.29) is 10.6 Å². The van der Waals surface area contributed by atoms with Gasteiger partial charge in [0.1, 0.15) is 5.54 Å². The lowest BCUT2D eigenvalue weighted by Crippen LogP contribution is -2.36. The van der Waals surface area contributed by atoms with Crippen LogP contribution in [0, 0.1) is 10.1 Å². The predicted molar refractivity (Wildman–Crippen MR) is 151 cm³/mol. The second-order valence-corrected chi connectivity index (χ2v) is 9.35. The second kappa shape index (κ2) is 9.82. The number of hydrogen-bond acceptors (Lipinski definition) is 4. The van der Waals surface area contributed by atoms with E-state index in [0.29, 0.717) is 0 Å². The lowest BCUT2D eigenvalue weighted by atomic mass is 9.77. The number of anilines is 1. The van der Waals surface area contributed by atoms with Crippen LogP contribution in [0.25, 0.3) is 11.6 Å². The van der Waals surface area contributed by atoms with Crippen LogP contribution < -0.4 is 5.32 Å². The summed E-state index contributed by atoms with van der Waals surface area (Å²) in [5.74, 6) is 0. The number of nitro groups is 1. The van der Waals surface area contributed by atoms with Crippen molar-refractivity contribution in [1.29, 1.82) is 0 Å². The largest absolute Gasteiger partial charge is 0.384 e. The molecular formula is C32H26N4O2. The van der Waals surface area contributed by atoms with Crippen molar-refractivity contribution in [2.75, 3.05) is 11.9 Å². The summed E-state index contributed by atoms with van der Waals surface area (Å²) in [6.45, 7) is 0.763. The van der Waals surface area contributed by atoms with Crippen LogP contribution in [0.2, 0.25) is 0 Å². The zero-order chi connectivity index (χ0) is 26.0. The molecule has 0 atom stereocenters. The summed E-state index contributed by atoms with van der Waals surface area (Å²) < 4.78 is 2.18. The highest BCUT2D eigenvalue weighted by molar-refractivity contribution is 5.89. The van der Waals surface area contributed by atoms with Gasteiger partial charge in [-0.2, -0.15) is 0 Å². The summed E-state index contributed by atoms with van der Waals surface area (Å²) in [7, 11) is 0. The molecule has 2 heterocycles. The number of aromatic nitrogens is 2. The fourth-order valence-electron chi connectivity index (χ4n) is 5.44. The standard InChI is InChI=1S/C32H26N4O2/c37-36(38)29-16-17-31-30(21-29)24(18-19-33-31)20-28-22-35(23-34-28)32(25-10-4-1-5-11-25,26-12-6-2-7-13-26)27-14-8-3-9-15-27/h1-17,20-23,33H,18-19H2/b24-20+. The van der Waals surface area contributed by atoms with E-state index in [1.807, 2.05) is 30.6 Å². The Morgan fingerprint density at radius 3 is 1.97 bits per heavy atom. The minimum atomic E-state index is -0.641. The first-order valence-electron chi connectivity index (χ1n) is 12.6. The van der Waals surface area contributed by atoms with Crippen molar-refractivity contribution in [2.45, 2.75) is 12.0 Å². The van der Waals surface area contributed by atoms with Gasteiger partial charge in [-0.25, -0.2) is 4.98 Å². The van der Waals surface area contributed by atoms with Crippen LogP contribution in [-0.2, 0) is 5.54 Å². The normalized spacial score (nSPS) is 14.1. The van der Waals surface area contributed by atoms with Gasteiger partial charge in [-0.15, -0.1) is 0 Å². The smallest absolute Gasteiger partial charge is 0.270 e. The van der Waals surface area contributed by atoms with Gasteiger partial charge in [0.05, 0.1) is 16.9 Å². The Kier molecular flexibility index (Phi) is 6.06. The van der Waals surface area contributed by atoms with Crippen LogP contribution in [-0.4, -0.2) is 21.0 Å². The Morgan fingerprint density at radius 1 is 0.842 bits per heavy atom. The van der Waals surface area contributed by atoms with E-state index in [4.69, 9.17) is 4.98 Å². The number of nitro benzene ring substituents is 1. The molecule has 6 nitrogen and oxygen atoms in total. The number of hydrogen-bond donors (Lipinski definition) is 1. The third kappa shape index (κ3) is 4.06. The number of fused-ring (bicyclic) bond motifs is 1. The fourth-order valence-corrected chi connectivity index (χ4v) is 5.44. The highest BCUT2D eigenvalue weighted by atomic mass is 16.6. The Labute approximate surface area is 221 Å². The van der Waals surface area contributed by atoms with Gasteiger partial charge in [0, 0.05) is 36.1 Å². The summed E-state index contributed by atoms with van der Waals surface area (Å²) in [6.07, 6.45) is 6.75. The van der Waals surface area contributed by atoms with Gasteiger partial charge in [-0.3, -0.25) is 10.1 Å². The maximum Gasteiger partial charge on any atom is 0.270 e. The summed E-state index contributed by atoms with van der Waals surface area (Å²) in [5.41, 5.74) is 6.38. The van der Waals surface area contributed by atoms with Gasteiger partial charge in [-0.05, 0) is 40.8 Å². The zero-order valence-electron chi connectivity index (χ0n) is 20.7. The average Bonchev–Trinajstić information content (AvgIpc) is 3.44. The molecule has 0 bridgehead atoms. The van der Waals surface area contributed by atoms with Gasteiger partial charge in [-0.1, -0.05) is 91.0 Å². The molecule has 38 heavy (non-hydrogen) atoms. The van der Waals surface area contributed by atoms with Gasteiger partial charge in [0.25, 0.3) is 5.69 Å². The van der Waals surface area contributed by atoms with E-state index >= 15 is 0 Å². The molecule has 1 aliphatic heterocycles. The van der Waals surface area contributed by atoms with Crippen molar-refractivity contribution < 1.29 is 4.92 Å². The van der Waals surface area contributed by atoms with E-state index in [9.17, 15) is 10.1 Å². The predicted octanol–water partition coefficient (Wildman–Crippen LogP) is 6.99. The first-order chi connectivity index (χ1) is 18.7. The average molecular weight is 499 g/mol. The number of nitrogens with one attached hydrogen (secondary N) is 1. The van der Waals surface area contributed by atoms with Crippen molar-refractivity contribution in [3.05, 3.63) is 160 Å². The maximum absolute atomic E-state index is 11.4. The van der Waals surface area contributed by atoms with E-state index in [1.54, 1.807) is 12.1 Å². The van der Waals surface area contributed by atoms with Crippen molar-refractivity contribution in [2.24, 2.45) is 0 Å². The summed E-state index contributed by atoms with van der Waals surface area (Å²) in [6, 6.07) is 36.4. The number of non-ortho nitro benzene ring substituents is 1. The van der Waals surface area contributed by atoms with Crippen LogP contribution in [0.4, 0.5) is 11.4 Å². The molecule has 0 radical (unpaired) electrons. The van der Waals surface area contributed by atoms with Crippen molar-refractivity contribution >= 4 is 23.0 Å². The number of nitrogens with zero attached hydrogens (tertiary/aromatic N) is 3. The van der Waals surface area contributed by atoms with Crippen LogP contribution in [0.15, 0.2) is 122 Å². The van der Waals surface area contributed by atoms with Gasteiger partial charge in [0.2, 0.25) is 0 Å². The molecule has 0 spiro atoms. The molecule has 0 saturated carbocycles. The summed E-state index contributed by atoms with van der Waals surface area (Å²) in [4.78, 5) is 15.9. The minimum absolute atomic E-state index is 0.0835. The van der Waals surface area contributed by atoms with E-state index in [1.165, 1.54) is 6.07 Å². The van der Waals surface area contributed by atoms with Gasteiger partial charge in [0.15, 0.2) is 0 Å². The molecule has 0 saturated heterocycles. The topological polar surface area (TPSA) is 73.0 Å². The molecule has 1 aliphatic rings. The van der Waals surface area contributed by atoms with E-state index in [0.717, 1.165) is 52.2 Å². The lowest BCUT2D eigenvalue weighted by Gasteiger charge is -2.37. The SMILES string of the molecule is O=[N+]([O-])c1ccc2c(c1)/C(=C/c1cn(C(c3ccccc3)(c3ccccc3)c3ccccc3)cn1)CCN2. The molecule has 0 fully saturated rings. The highest BCUT2D eigenvalue weighted by Crippen LogP contribution is 2.41. The molecule has 0 aliphatic carbocycles.